The molecule has 2 heterocycles. The molecule has 8 nitrogen and oxygen atoms in total. The molecule has 0 aliphatic carbocycles. The van der Waals surface area contributed by atoms with Crippen LogP contribution in [0.25, 0.3) is 0 Å². The third-order valence-corrected chi connectivity index (χ3v) is 5.39. The highest BCUT2D eigenvalue weighted by Crippen LogP contribution is 2.30. The summed E-state index contributed by atoms with van der Waals surface area (Å²) >= 11 is 0. The third-order valence-electron chi connectivity index (χ3n) is 5.39. The van der Waals surface area contributed by atoms with E-state index in [1.54, 1.807) is 25.2 Å². The molecule has 2 N–H and O–H groups in total. The van der Waals surface area contributed by atoms with Crippen LogP contribution in [0.2, 0.25) is 0 Å². The molecule has 1 saturated heterocycles. The first-order valence-corrected chi connectivity index (χ1v) is 10.5. The van der Waals surface area contributed by atoms with Crippen molar-refractivity contribution in [2.45, 2.75) is 25.7 Å². The molecule has 1 aromatic heterocycles. The van der Waals surface area contributed by atoms with E-state index in [1.165, 1.54) is 0 Å². The Kier molecular flexibility index (Phi) is 7.83. The molecule has 1 aliphatic rings. The summed E-state index contributed by atoms with van der Waals surface area (Å²) in [5, 5.41) is 5.80. The van der Waals surface area contributed by atoms with Crippen LogP contribution in [-0.2, 0) is 4.74 Å². The van der Waals surface area contributed by atoms with Gasteiger partial charge in [-0.2, -0.15) is 0 Å². The Labute approximate surface area is 182 Å². The van der Waals surface area contributed by atoms with E-state index < -0.39 is 0 Å². The highest BCUT2D eigenvalue weighted by molar-refractivity contribution is 5.95. The first-order valence-electron chi connectivity index (χ1n) is 10.5. The lowest BCUT2D eigenvalue weighted by Crippen LogP contribution is -2.41. The number of anilines is 1. The van der Waals surface area contributed by atoms with Gasteiger partial charge in [0.25, 0.3) is 5.91 Å². The van der Waals surface area contributed by atoms with Crippen molar-refractivity contribution < 1.29 is 19.1 Å². The molecule has 0 atom stereocenters. The van der Waals surface area contributed by atoms with Gasteiger partial charge in [-0.3, -0.25) is 9.78 Å². The number of rotatable bonds is 7. The molecule has 8 heteroatoms. The van der Waals surface area contributed by atoms with Crippen molar-refractivity contribution in [1.29, 1.82) is 0 Å². The number of aryl methyl sites for hydroxylation is 1. The van der Waals surface area contributed by atoms with Gasteiger partial charge in [0.05, 0.1) is 25.0 Å². The SMILES string of the molecule is COCCNC(=O)c1ccc(C)nc1C1CCN(C(=O)Nc2cccc(OC)c2)CC1. The van der Waals surface area contributed by atoms with E-state index in [9.17, 15) is 9.59 Å². The average molecular weight is 427 g/mol. The number of piperidine rings is 1. The monoisotopic (exact) mass is 426 g/mol. The lowest BCUT2D eigenvalue weighted by Gasteiger charge is -2.32. The van der Waals surface area contributed by atoms with E-state index in [0.29, 0.717) is 43.2 Å². The lowest BCUT2D eigenvalue weighted by molar-refractivity contribution is 0.0934. The van der Waals surface area contributed by atoms with Crippen LogP contribution in [0.4, 0.5) is 10.5 Å². The standard InChI is InChI=1S/C23H30N4O4/c1-16-7-8-20(22(28)24-11-14-30-2)21(25-16)17-9-12-27(13-10-17)23(29)26-18-5-4-6-19(15-18)31-3/h4-8,15,17H,9-14H2,1-3H3,(H,24,28)(H,26,29). The summed E-state index contributed by atoms with van der Waals surface area (Å²) in [7, 11) is 3.19. The van der Waals surface area contributed by atoms with Gasteiger partial charge < -0.3 is 25.0 Å². The molecule has 0 saturated carbocycles. The molecule has 3 rings (SSSR count). The average Bonchev–Trinajstić information content (AvgIpc) is 2.79. The van der Waals surface area contributed by atoms with Gasteiger partial charge in [-0.05, 0) is 44.0 Å². The number of benzene rings is 1. The van der Waals surface area contributed by atoms with Crippen LogP contribution >= 0.6 is 0 Å². The van der Waals surface area contributed by atoms with Gasteiger partial charge in [-0.25, -0.2) is 4.79 Å². The normalized spacial score (nSPS) is 14.2. The molecule has 1 aromatic carbocycles. The number of nitrogens with zero attached hydrogens (tertiary/aromatic N) is 2. The van der Waals surface area contributed by atoms with E-state index in [1.807, 2.05) is 37.3 Å². The number of nitrogens with one attached hydrogen (secondary N) is 2. The van der Waals surface area contributed by atoms with Gasteiger partial charge in [0.2, 0.25) is 0 Å². The molecular weight excluding hydrogens is 396 g/mol. The van der Waals surface area contributed by atoms with Gasteiger partial charge in [0.15, 0.2) is 0 Å². The van der Waals surface area contributed by atoms with Crippen LogP contribution < -0.4 is 15.4 Å². The molecule has 2 aromatic rings. The van der Waals surface area contributed by atoms with Crippen molar-refractivity contribution in [2.24, 2.45) is 0 Å². The van der Waals surface area contributed by atoms with Gasteiger partial charge in [0, 0.05) is 50.1 Å². The van der Waals surface area contributed by atoms with Gasteiger partial charge in [-0.15, -0.1) is 0 Å². The quantitative estimate of drug-likeness (QED) is 0.664. The van der Waals surface area contributed by atoms with Gasteiger partial charge in [-0.1, -0.05) is 6.07 Å². The van der Waals surface area contributed by atoms with E-state index in [4.69, 9.17) is 9.47 Å². The fourth-order valence-corrected chi connectivity index (χ4v) is 3.70. The van der Waals surface area contributed by atoms with E-state index in [0.717, 1.165) is 24.2 Å². The lowest BCUT2D eigenvalue weighted by atomic mass is 9.90. The Morgan fingerprint density at radius 3 is 2.65 bits per heavy atom. The fraction of sp³-hybridized carbons (Fsp3) is 0.435. The Morgan fingerprint density at radius 2 is 1.94 bits per heavy atom. The van der Waals surface area contributed by atoms with Crippen LogP contribution in [-0.4, -0.2) is 62.3 Å². The number of carbonyl (C=O) groups is 2. The zero-order chi connectivity index (χ0) is 22.2. The van der Waals surface area contributed by atoms with E-state index in [2.05, 4.69) is 15.6 Å². The Morgan fingerprint density at radius 1 is 1.16 bits per heavy atom. The fourth-order valence-electron chi connectivity index (χ4n) is 3.70. The predicted molar refractivity (Wildman–Crippen MR) is 119 cm³/mol. The number of carbonyl (C=O) groups excluding carboxylic acids is 2. The molecule has 1 aliphatic heterocycles. The van der Waals surface area contributed by atoms with Gasteiger partial charge in [0.1, 0.15) is 5.75 Å². The smallest absolute Gasteiger partial charge is 0.321 e. The number of hydrogen-bond acceptors (Lipinski definition) is 5. The number of urea groups is 1. The molecular formula is C23H30N4O4. The molecule has 31 heavy (non-hydrogen) atoms. The second-order valence-electron chi connectivity index (χ2n) is 7.56. The second kappa shape index (κ2) is 10.8. The maximum absolute atomic E-state index is 12.7. The topological polar surface area (TPSA) is 92.8 Å². The Balaban J connectivity index is 1.63. The first-order chi connectivity index (χ1) is 15.0. The number of likely N-dealkylation sites (tertiary alicyclic amines) is 1. The molecule has 0 spiro atoms. The Bertz CT molecular complexity index is 910. The number of amides is 3. The minimum absolute atomic E-state index is 0.129. The Hall–Kier alpha value is -3.13. The zero-order valence-corrected chi connectivity index (χ0v) is 18.3. The van der Waals surface area contributed by atoms with Crippen LogP contribution in [0.5, 0.6) is 5.75 Å². The number of hydrogen-bond donors (Lipinski definition) is 2. The number of pyridine rings is 1. The van der Waals surface area contributed by atoms with Crippen LogP contribution in [0.3, 0.4) is 0 Å². The summed E-state index contributed by atoms with van der Waals surface area (Å²) < 4.78 is 10.2. The molecule has 1 fully saturated rings. The molecule has 0 radical (unpaired) electrons. The predicted octanol–water partition coefficient (Wildman–Crippen LogP) is 3.19. The summed E-state index contributed by atoms with van der Waals surface area (Å²) in [5.41, 5.74) is 2.98. The third kappa shape index (κ3) is 5.95. The number of aromatic nitrogens is 1. The first kappa shape index (κ1) is 22.6. The van der Waals surface area contributed by atoms with Gasteiger partial charge >= 0.3 is 6.03 Å². The molecule has 0 unspecified atom stereocenters. The second-order valence-corrected chi connectivity index (χ2v) is 7.56. The van der Waals surface area contributed by atoms with Crippen LogP contribution in [0.1, 0.15) is 40.5 Å². The van der Waals surface area contributed by atoms with Crippen LogP contribution in [0, 0.1) is 6.92 Å². The van der Waals surface area contributed by atoms with Crippen molar-refractivity contribution in [3.63, 3.8) is 0 Å². The van der Waals surface area contributed by atoms with Crippen molar-refractivity contribution in [1.82, 2.24) is 15.2 Å². The van der Waals surface area contributed by atoms with E-state index in [-0.39, 0.29) is 17.9 Å². The highest BCUT2D eigenvalue weighted by Gasteiger charge is 2.28. The zero-order valence-electron chi connectivity index (χ0n) is 18.3. The minimum atomic E-state index is -0.141. The molecule has 0 bridgehead atoms. The van der Waals surface area contributed by atoms with Crippen molar-refractivity contribution in [3.8, 4) is 5.75 Å². The molecule has 3 amide bonds. The molecule has 166 valence electrons. The summed E-state index contributed by atoms with van der Waals surface area (Å²) in [5.74, 6) is 0.681. The number of methoxy groups -OCH3 is 2. The minimum Gasteiger partial charge on any atom is -0.497 e. The number of ether oxygens (including phenoxy) is 2. The van der Waals surface area contributed by atoms with Crippen molar-refractivity contribution >= 4 is 17.6 Å². The summed E-state index contributed by atoms with van der Waals surface area (Å²) in [6.45, 7) is 4.03. The van der Waals surface area contributed by atoms with E-state index >= 15 is 0 Å². The maximum atomic E-state index is 12.7. The van der Waals surface area contributed by atoms with Crippen molar-refractivity contribution in [2.75, 3.05) is 45.8 Å². The van der Waals surface area contributed by atoms with Crippen LogP contribution in [0.15, 0.2) is 36.4 Å². The maximum Gasteiger partial charge on any atom is 0.321 e. The summed E-state index contributed by atoms with van der Waals surface area (Å²) in [6, 6.07) is 10.8. The largest absolute Gasteiger partial charge is 0.497 e. The summed E-state index contributed by atoms with van der Waals surface area (Å²) in [4.78, 5) is 31.8. The van der Waals surface area contributed by atoms with Crippen molar-refractivity contribution in [3.05, 3.63) is 53.3 Å². The summed E-state index contributed by atoms with van der Waals surface area (Å²) in [6.07, 6.45) is 1.50. The highest BCUT2D eigenvalue weighted by atomic mass is 16.5.